The Morgan fingerprint density at radius 3 is 2.73 bits per heavy atom. The molecule has 2 rings (SSSR count). The van der Waals surface area contributed by atoms with Gasteiger partial charge in [-0.1, -0.05) is 6.07 Å². The maximum absolute atomic E-state index is 12.0. The lowest BCUT2D eigenvalue weighted by Gasteiger charge is -2.07. The van der Waals surface area contributed by atoms with Crippen LogP contribution in [0.3, 0.4) is 0 Å². The summed E-state index contributed by atoms with van der Waals surface area (Å²) in [5, 5.41) is 2.74. The molecule has 0 aliphatic carbocycles. The van der Waals surface area contributed by atoms with Crippen LogP contribution >= 0.6 is 0 Å². The van der Waals surface area contributed by atoms with Gasteiger partial charge in [0.05, 0.1) is 14.2 Å². The zero-order valence-electron chi connectivity index (χ0n) is 12.8. The number of aryl methyl sites for hydroxylation is 1. The van der Waals surface area contributed by atoms with Crippen molar-refractivity contribution in [2.45, 2.75) is 6.92 Å². The van der Waals surface area contributed by atoms with Crippen LogP contribution in [0.25, 0.3) is 6.08 Å². The smallest absolute Gasteiger partial charge is 0.249 e. The van der Waals surface area contributed by atoms with Crippen molar-refractivity contribution in [3.05, 3.63) is 53.7 Å². The minimum atomic E-state index is -0.258. The van der Waals surface area contributed by atoms with Crippen LogP contribution in [0.1, 0.15) is 11.1 Å². The molecule has 1 aromatic heterocycles. The van der Waals surface area contributed by atoms with Crippen LogP contribution in [0.15, 0.2) is 42.6 Å². The van der Waals surface area contributed by atoms with E-state index in [4.69, 9.17) is 9.47 Å². The number of benzene rings is 1. The Balaban J connectivity index is 2.14. The highest BCUT2D eigenvalue weighted by Crippen LogP contribution is 2.25. The zero-order valence-corrected chi connectivity index (χ0v) is 12.8. The molecule has 2 aromatic rings. The summed E-state index contributed by atoms with van der Waals surface area (Å²) in [4.78, 5) is 16.1. The summed E-state index contributed by atoms with van der Waals surface area (Å²) in [7, 11) is 3.17. The van der Waals surface area contributed by atoms with E-state index in [1.54, 1.807) is 44.7 Å². The fourth-order valence-electron chi connectivity index (χ4n) is 1.91. The van der Waals surface area contributed by atoms with Gasteiger partial charge in [-0.25, -0.2) is 4.98 Å². The molecule has 1 aromatic carbocycles. The molecular formula is C17H18N2O3. The van der Waals surface area contributed by atoms with E-state index in [1.165, 1.54) is 6.08 Å². The van der Waals surface area contributed by atoms with Gasteiger partial charge in [0.2, 0.25) is 5.91 Å². The number of hydrogen-bond donors (Lipinski definition) is 1. The van der Waals surface area contributed by atoms with Crippen molar-refractivity contribution in [1.82, 2.24) is 4.98 Å². The summed E-state index contributed by atoms with van der Waals surface area (Å²) in [6.07, 6.45) is 4.75. The minimum absolute atomic E-state index is 0.258. The summed E-state index contributed by atoms with van der Waals surface area (Å²) < 4.78 is 10.4. The predicted molar refractivity (Wildman–Crippen MR) is 86.2 cm³/mol. The zero-order chi connectivity index (χ0) is 15.9. The maximum Gasteiger partial charge on any atom is 0.249 e. The SMILES string of the molecule is COc1ccc(OC)c(/C=C/C(=O)Nc2ncccc2C)c1. The van der Waals surface area contributed by atoms with Crippen LogP contribution in [-0.4, -0.2) is 25.1 Å². The Morgan fingerprint density at radius 1 is 1.23 bits per heavy atom. The van der Waals surface area contributed by atoms with E-state index in [2.05, 4.69) is 10.3 Å². The molecule has 0 atom stereocenters. The topological polar surface area (TPSA) is 60.5 Å². The van der Waals surface area contributed by atoms with Crippen molar-refractivity contribution in [2.24, 2.45) is 0 Å². The van der Waals surface area contributed by atoms with Gasteiger partial charge in [-0.3, -0.25) is 4.79 Å². The molecule has 0 aliphatic heterocycles. The van der Waals surface area contributed by atoms with Crippen molar-refractivity contribution >= 4 is 17.8 Å². The molecule has 1 N–H and O–H groups in total. The van der Waals surface area contributed by atoms with Crippen LogP contribution in [0.4, 0.5) is 5.82 Å². The second-order valence-corrected chi connectivity index (χ2v) is 4.60. The summed E-state index contributed by atoms with van der Waals surface area (Å²) in [5.74, 6) is 1.65. The highest BCUT2D eigenvalue weighted by Gasteiger charge is 2.05. The number of hydrogen-bond acceptors (Lipinski definition) is 4. The Kier molecular flexibility index (Phi) is 5.14. The van der Waals surface area contributed by atoms with Gasteiger partial charge in [-0.15, -0.1) is 0 Å². The fraction of sp³-hybridized carbons (Fsp3) is 0.176. The Morgan fingerprint density at radius 2 is 2.05 bits per heavy atom. The maximum atomic E-state index is 12.0. The normalized spacial score (nSPS) is 10.5. The lowest BCUT2D eigenvalue weighted by molar-refractivity contribution is -0.111. The first-order valence-corrected chi connectivity index (χ1v) is 6.76. The van der Waals surface area contributed by atoms with Crippen molar-refractivity contribution in [3.8, 4) is 11.5 Å². The number of nitrogens with zero attached hydrogens (tertiary/aromatic N) is 1. The largest absolute Gasteiger partial charge is 0.497 e. The second kappa shape index (κ2) is 7.26. The molecule has 5 nitrogen and oxygen atoms in total. The van der Waals surface area contributed by atoms with Gasteiger partial charge in [0.25, 0.3) is 0 Å². The van der Waals surface area contributed by atoms with Crippen molar-refractivity contribution in [3.63, 3.8) is 0 Å². The average Bonchev–Trinajstić information content (AvgIpc) is 2.54. The summed E-state index contributed by atoms with van der Waals surface area (Å²) >= 11 is 0. The molecule has 0 unspecified atom stereocenters. The highest BCUT2D eigenvalue weighted by atomic mass is 16.5. The fourth-order valence-corrected chi connectivity index (χ4v) is 1.91. The molecule has 0 bridgehead atoms. The highest BCUT2D eigenvalue weighted by molar-refractivity contribution is 6.01. The van der Waals surface area contributed by atoms with Crippen LogP contribution in [0.2, 0.25) is 0 Å². The van der Waals surface area contributed by atoms with E-state index in [1.807, 2.05) is 19.1 Å². The number of amides is 1. The molecule has 1 amide bonds. The molecule has 5 heteroatoms. The van der Waals surface area contributed by atoms with E-state index in [0.717, 1.165) is 11.1 Å². The van der Waals surface area contributed by atoms with Crippen LogP contribution in [0, 0.1) is 6.92 Å². The quantitative estimate of drug-likeness (QED) is 0.862. The number of ether oxygens (including phenoxy) is 2. The monoisotopic (exact) mass is 298 g/mol. The molecule has 1 heterocycles. The molecule has 0 saturated heterocycles. The predicted octanol–water partition coefficient (Wildman–Crippen LogP) is 3.06. The first kappa shape index (κ1) is 15.6. The van der Waals surface area contributed by atoms with Crippen LogP contribution in [-0.2, 0) is 4.79 Å². The Labute approximate surface area is 129 Å². The number of rotatable bonds is 5. The van der Waals surface area contributed by atoms with Gasteiger partial charge in [0.15, 0.2) is 0 Å². The third-order valence-electron chi connectivity index (χ3n) is 3.10. The Bertz CT molecular complexity index is 696. The third kappa shape index (κ3) is 3.85. The van der Waals surface area contributed by atoms with E-state index in [0.29, 0.717) is 17.3 Å². The first-order valence-electron chi connectivity index (χ1n) is 6.76. The average molecular weight is 298 g/mol. The van der Waals surface area contributed by atoms with E-state index < -0.39 is 0 Å². The second-order valence-electron chi connectivity index (χ2n) is 4.60. The molecule has 0 radical (unpaired) electrons. The van der Waals surface area contributed by atoms with Gasteiger partial charge in [-0.05, 0) is 42.8 Å². The van der Waals surface area contributed by atoms with Crippen molar-refractivity contribution < 1.29 is 14.3 Å². The number of anilines is 1. The molecular weight excluding hydrogens is 280 g/mol. The number of pyridine rings is 1. The third-order valence-corrected chi connectivity index (χ3v) is 3.10. The molecule has 0 saturated carbocycles. The molecule has 114 valence electrons. The lowest BCUT2D eigenvalue weighted by Crippen LogP contribution is -2.10. The standard InChI is InChI=1S/C17H18N2O3/c1-12-5-4-10-18-17(12)19-16(20)9-6-13-11-14(21-2)7-8-15(13)22-3/h4-11H,1-3H3,(H,18,19,20)/b9-6+. The number of methoxy groups -OCH3 is 2. The van der Waals surface area contributed by atoms with Gasteiger partial charge in [0, 0.05) is 17.8 Å². The van der Waals surface area contributed by atoms with Crippen LogP contribution < -0.4 is 14.8 Å². The van der Waals surface area contributed by atoms with Gasteiger partial charge in [0.1, 0.15) is 17.3 Å². The Hall–Kier alpha value is -2.82. The van der Waals surface area contributed by atoms with E-state index in [9.17, 15) is 4.79 Å². The van der Waals surface area contributed by atoms with Gasteiger partial charge >= 0.3 is 0 Å². The number of carbonyl (C=O) groups is 1. The first-order chi connectivity index (χ1) is 10.6. The number of aromatic nitrogens is 1. The summed E-state index contributed by atoms with van der Waals surface area (Å²) in [6.45, 7) is 1.89. The molecule has 0 fully saturated rings. The summed E-state index contributed by atoms with van der Waals surface area (Å²) in [6, 6.07) is 9.10. The van der Waals surface area contributed by atoms with Crippen molar-refractivity contribution in [1.29, 1.82) is 0 Å². The van der Waals surface area contributed by atoms with Crippen LogP contribution in [0.5, 0.6) is 11.5 Å². The minimum Gasteiger partial charge on any atom is -0.497 e. The molecule has 0 aliphatic rings. The lowest BCUT2D eigenvalue weighted by atomic mass is 10.1. The number of carbonyl (C=O) groups excluding carboxylic acids is 1. The van der Waals surface area contributed by atoms with E-state index in [-0.39, 0.29) is 5.91 Å². The van der Waals surface area contributed by atoms with E-state index >= 15 is 0 Å². The number of nitrogens with one attached hydrogen (secondary N) is 1. The van der Waals surface area contributed by atoms with Gasteiger partial charge < -0.3 is 14.8 Å². The van der Waals surface area contributed by atoms with Crippen molar-refractivity contribution in [2.75, 3.05) is 19.5 Å². The molecule has 22 heavy (non-hydrogen) atoms. The molecule has 0 spiro atoms. The van der Waals surface area contributed by atoms with Gasteiger partial charge in [-0.2, -0.15) is 0 Å². The summed E-state index contributed by atoms with van der Waals surface area (Å²) in [5.41, 5.74) is 1.66.